The zero-order valence-corrected chi connectivity index (χ0v) is 12.8. The maximum atomic E-state index is 12.7. The first-order valence-electron chi connectivity index (χ1n) is 7.01. The first-order valence-corrected chi connectivity index (χ1v) is 7.01. The fraction of sp³-hybridized carbons (Fsp3) is 0.500. The van der Waals surface area contributed by atoms with Crippen molar-refractivity contribution in [2.75, 3.05) is 33.3 Å². The lowest BCUT2D eigenvalue weighted by atomic mass is 9.99. The second kappa shape index (κ2) is 6.25. The molecular formula is C16H21N3O2. The number of likely N-dealkylation sites (N-methyl/N-ethyl adjacent to an activating group) is 1. The Labute approximate surface area is 125 Å². The molecule has 2 rings (SSSR count). The summed E-state index contributed by atoms with van der Waals surface area (Å²) in [7, 11) is 2.07. The highest BCUT2D eigenvalue weighted by Gasteiger charge is 2.34. The molecule has 1 fully saturated rings. The van der Waals surface area contributed by atoms with E-state index < -0.39 is 0 Å². The summed E-state index contributed by atoms with van der Waals surface area (Å²) >= 11 is 0. The molecule has 1 saturated heterocycles. The van der Waals surface area contributed by atoms with E-state index in [1.165, 1.54) is 0 Å². The molecule has 0 spiro atoms. The minimum atomic E-state index is -0.232. The number of rotatable bonds is 1. The second-order valence-corrected chi connectivity index (χ2v) is 5.82. The molecule has 0 aliphatic carbocycles. The van der Waals surface area contributed by atoms with Crippen LogP contribution in [0.25, 0.3) is 0 Å². The van der Waals surface area contributed by atoms with Crippen molar-refractivity contribution in [3.63, 3.8) is 0 Å². The van der Waals surface area contributed by atoms with E-state index in [9.17, 15) is 4.79 Å². The highest BCUT2D eigenvalue weighted by Crippen LogP contribution is 2.20. The van der Waals surface area contributed by atoms with Crippen LogP contribution in [0.1, 0.15) is 29.9 Å². The Morgan fingerprint density at radius 3 is 2.90 bits per heavy atom. The Hall–Kier alpha value is -1.90. The predicted molar refractivity (Wildman–Crippen MR) is 80.8 cm³/mol. The zero-order valence-electron chi connectivity index (χ0n) is 12.8. The van der Waals surface area contributed by atoms with Gasteiger partial charge in [-0.05, 0) is 33.0 Å². The zero-order chi connectivity index (χ0) is 15.5. The largest absolute Gasteiger partial charge is 0.384 e. The van der Waals surface area contributed by atoms with Gasteiger partial charge in [-0.2, -0.15) is 0 Å². The third kappa shape index (κ3) is 3.41. The van der Waals surface area contributed by atoms with Gasteiger partial charge in [0.15, 0.2) is 0 Å². The van der Waals surface area contributed by atoms with Gasteiger partial charge in [-0.3, -0.25) is 9.69 Å². The fourth-order valence-corrected chi connectivity index (χ4v) is 2.37. The molecule has 1 N–H and O–H groups in total. The third-order valence-corrected chi connectivity index (χ3v) is 3.92. The summed E-state index contributed by atoms with van der Waals surface area (Å²) in [5, 5.41) is 8.81. The molecule has 1 aliphatic rings. The van der Waals surface area contributed by atoms with Crippen LogP contribution in [-0.4, -0.2) is 64.6 Å². The van der Waals surface area contributed by atoms with Crippen molar-refractivity contribution in [2.24, 2.45) is 0 Å². The van der Waals surface area contributed by atoms with Crippen LogP contribution in [0.4, 0.5) is 0 Å². The van der Waals surface area contributed by atoms with Crippen LogP contribution in [-0.2, 0) is 0 Å². The van der Waals surface area contributed by atoms with Gasteiger partial charge in [-0.25, -0.2) is 4.98 Å². The monoisotopic (exact) mass is 287 g/mol. The molecule has 2 heterocycles. The smallest absolute Gasteiger partial charge is 0.273 e. The van der Waals surface area contributed by atoms with E-state index in [0.717, 1.165) is 6.54 Å². The van der Waals surface area contributed by atoms with E-state index in [1.54, 1.807) is 18.3 Å². The Bertz CT molecular complexity index is 587. The predicted octanol–water partition coefficient (Wildman–Crippen LogP) is 0.592. The summed E-state index contributed by atoms with van der Waals surface area (Å²) < 4.78 is 0. The van der Waals surface area contributed by atoms with Crippen LogP contribution in [0, 0.1) is 11.8 Å². The molecule has 1 aliphatic heterocycles. The SMILES string of the molecule is CN1CCN(C(=O)c2ncccc2C#CCO)CC1(C)C. The molecule has 112 valence electrons. The molecule has 5 heteroatoms. The van der Waals surface area contributed by atoms with Gasteiger partial charge in [0.05, 0.1) is 5.56 Å². The minimum absolute atomic E-state index is 0.0559. The fourth-order valence-electron chi connectivity index (χ4n) is 2.37. The van der Waals surface area contributed by atoms with Gasteiger partial charge in [-0.1, -0.05) is 11.8 Å². The van der Waals surface area contributed by atoms with Crippen molar-refractivity contribution in [1.82, 2.24) is 14.8 Å². The Kier molecular flexibility index (Phi) is 4.61. The summed E-state index contributed by atoms with van der Waals surface area (Å²) in [6, 6.07) is 3.50. The van der Waals surface area contributed by atoms with E-state index in [4.69, 9.17) is 5.11 Å². The Morgan fingerprint density at radius 1 is 1.48 bits per heavy atom. The van der Waals surface area contributed by atoms with Gasteiger partial charge >= 0.3 is 0 Å². The number of piperazine rings is 1. The first kappa shape index (κ1) is 15.5. The van der Waals surface area contributed by atoms with Gasteiger partial charge < -0.3 is 10.0 Å². The highest BCUT2D eigenvalue weighted by molar-refractivity contribution is 5.94. The van der Waals surface area contributed by atoms with Crippen molar-refractivity contribution in [3.05, 3.63) is 29.6 Å². The van der Waals surface area contributed by atoms with Crippen LogP contribution in [0.15, 0.2) is 18.3 Å². The van der Waals surface area contributed by atoms with Gasteiger partial charge in [-0.15, -0.1) is 0 Å². The normalized spacial score (nSPS) is 18.0. The summed E-state index contributed by atoms with van der Waals surface area (Å²) in [6.07, 6.45) is 1.60. The van der Waals surface area contributed by atoms with E-state index in [2.05, 4.69) is 42.6 Å². The summed E-state index contributed by atoms with van der Waals surface area (Å²) in [6.45, 7) is 6.19. The van der Waals surface area contributed by atoms with E-state index in [1.807, 2.05) is 4.90 Å². The molecular weight excluding hydrogens is 266 g/mol. The number of carbonyl (C=O) groups is 1. The second-order valence-electron chi connectivity index (χ2n) is 5.82. The molecule has 1 aromatic rings. The van der Waals surface area contributed by atoms with Crippen molar-refractivity contribution >= 4 is 5.91 Å². The van der Waals surface area contributed by atoms with Crippen LogP contribution in [0.2, 0.25) is 0 Å². The van der Waals surface area contributed by atoms with Crippen LogP contribution < -0.4 is 0 Å². The van der Waals surface area contributed by atoms with Gasteiger partial charge in [0.25, 0.3) is 5.91 Å². The van der Waals surface area contributed by atoms with Crippen LogP contribution >= 0.6 is 0 Å². The maximum Gasteiger partial charge on any atom is 0.273 e. The highest BCUT2D eigenvalue weighted by atomic mass is 16.2. The number of pyridine rings is 1. The van der Waals surface area contributed by atoms with E-state index >= 15 is 0 Å². The lowest BCUT2D eigenvalue weighted by molar-refractivity contribution is 0.0307. The quantitative estimate of drug-likeness (QED) is 0.768. The topological polar surface area (TPSA) is 56.7 Å². The standard InChI is InChI=1S/C16H21N3O2/c1-16(2)12-19(10-9-18(16)3)15(21)14-13(7-5-11-20)6-4-8-17-14/h4,6,8,20H,9-12H2,1-3H3. The van der Waals surface area contributed by atoms with E-state index in [0.29, 0.717) is 24.3 Å². The molecule has 0 unspecified atom stereocenters. The van der Waals surface area contributed by atoms with Crippen LogP contribution in [0.3, 0.4) is 0 Å². The Morgan fingerprint density at radius 2 is 2.24 bits per heavy atom. The lowest BCUT2D eigenvalue weighted by Gasteiger charge is -2.45. The maximum absolute atomic E-state index is 12.7. The molecule has 5 nitrogen and oxygen atoms in total. The van der Waals surface area contributed by atoms with Gasteiger partial charge in [0, 0.05) is 31.4 Å². The molecule has 0 radical (unpaired) electrons. The molecule has 1 amide bonds. The number of hydrogen-bond donors (Lipinski definition) is 1. The third-order valence-electron chi connectivity index (χ3n) is 3.92. The van der Waals surface area contributed by atoms with Gasteiger partial charge in [0.2, 0.25) is 0 Å². The van der Waals surface area contributed by atoms with Gasteiger partial charge in [0.1, 0.15) is 12.3 Å². The average Bonchev–Trinajstić information content (AvgIpc) is 2.47. The summed E-state index contributed by atoms with van der Waals surface area (Å²) in [4.78, 5) is 21.0. The number of hydrogen-bond acceptors (Lipinski definition) is 4. The first-order chi connectivity index (χ1) is 9.95. The molecule has 0 saturated carbocycles. The molecule has 0 bridgehead atoms. The van der Waals surface area contributed by atoms with Crippen molar-refractivity contribution in [2.45, 2.75) is 19.4 Å². The minimum Gasteiger partial charge on any atom is -0.384 e. The van der Waals surface area contributed by atoms with Crippen molar-refractivity contribution in [1.29, 1.82) is 0 Å². The number of amides is 1. The number of aliphatic hydroxyl groups excluding tert-OH is 1. The lowest BCUT2D eigenvalue weighted by Crippen LogP contribution is -2.59. The van der Waals surface area contributed by atoms with Crippen molar-refractivity contribution in [3.8, 4) is 11.8 Å². The summed E-state index contributed by atoms with van der Waals surface area (Å²) in [5.74, 6) is 5.27. The number of aliphatic hydroxyl groups is 1. The molecule has 21 heavy (non-hydrogen) atoms. The number of carbonyl (C=O) groups excluding carboxylic acids is 1. The average molecular weight is 287 g/mol. The number of nitrogens with zero attached hydrogens (tertiary/aromatic N) is 3. The van der Waals surface area contributed by atoms with Crippen LogP contribution in [0.5, 0.6) is 0 Å². The summed E-state index contributed by atoms with van der Waals surface area (Å²) in [5.41, 5.74) is 0.867. The number of aromatic nitrogens is 1. The van der Waals surface area contributed by atoms with Crippen molar-refractivity contribution < 1.29 is 9.90 Å². The molecule has 0 aromatic carbocycles. The van der Waals surface area contributed by atoms with E-state index in [-0.39, 0.29) is 18.1 Å². The Balaban J connectivity index is 2.25. The molecule has 0 atom stereocenters. The molecule has 1 aromatic heterocycles.